The molecule has 0 amide bonds. The predicted octanol–water partition coefficient (Wildman–Crippen LogP) is 2.50. The van der Waals surface area contributed by atoms with E-state index in [1.807, 2.05) is 0 Å². The Morgan fingerprint density at radius 3 is 2.73 bits per heavy atom. The standard InChI is InChI=1S/C13H28N2/c1-4-8-14-9-6-11-15-10-5-7-13(2,3)12-15/h14H,4-12H2,1-3H3. The highest BCUT2D eigenvalue weighted by Crippen LogP contribution is 2.28. The lowest BCUT2D eigenvalue weighted by Gasteiger charge is -2.38. The molecule has 0 radical (unpaired) electrons. The molecule has 1 saturated heterocycles. The predicted molar refractivity (Wildman–Crippen MR) is 67.2 cm³/mol. The van der Waals surface area contributed by atoms with Gasteiger partial charge in [-0.2, -0.15) is 0 Å². The molecule has 1 N–H and O–H groups in total. The normalized spacial score (nSPS) is 21.8. The van der Waals surface area contributed by atoms with Crippen LogP contribution in [0, 0.1) is 5.41 Å². The number of nitrogens with one attached hydrogen (secondary N) is 1. The van der Waals surface area contributed by atoms with E-state index in [0.29, 0.717) is 5.41 Å². The Kier molecular flexibility index (Phi) is 5.62. The highest BCUT2D eigenvalue weighted by Gasteiger charge is 2.25. The maximum absolute atomic E-state index is 3.47. The molecule has 1 aliphatic heterocycles. The number of piperidine rings is 1. The molecule has 2 heteroatoms. The molecule has 0 aromatic rings. The van der Waals surface area contributed by atoms with Crippen LogP contribution >= 0.6 is 0 Å². The number of hydrogen-bond donors (Lipinski definition) is 1. The largest absolute Gasteiger partial charge is 0.317 e. The second-order valence-corrected chi connectivity index (χ2v) is 5.65. The lowest BCUT2D eigenvalue weighted by molar-refractivity contribution is 0.116. The van der Waals surface area contributed by atoms with Crippen molar-refractivity contribution in [3.05, 3.63) is 0 Å². The molecule has 0 saturated carbocycles. The fraction of sp³-hybridized carbons (Fsp3) is 1.00. The van der Waals surface area contributed by atoms with Crippen LogP contribution in [0.15, 0.2) is 0 Å². The zero-order valence-electron chi connectivity index (χ0n) is 10.8. The average Bonchev–Trinajstić information content (AvgIpc) is 2.16. The Morgan fingerprint density at radius 1 is 1.27 bits per heavy atom. The van der Waals surface area contributed by atoms with Crippen LogP contribution in [0.4, 0.5) is 0 Å². The van der Waals surface area contributed by atoms with Gasteiger partial charge in [-0.1, -0.05) is 20.8 Å². The van der Waals surface area contributed by atoms with Gasteiger partial charge in [0, 0.05) is 6.54 Å². The lowest BCUT2D eigenvalue weighted by atomic mass is 9.84. The summed E-state index contributed by atoms with van der Waals surface area (Å²) in [7, 11) is 0. The quantitative estimate of drug-likeness (QED) is 0.681. The third kappa shape index (κ3) is 5.53. The Morgan fingerprint density at radius 2 is 2.07 bits per heavy atom. The van der Waals surface area contributed by atoms with Crippen LogP contribution in [0.2, 0.25) is 0 Å². The van der Waals surface area contributed by atoms with E-state index >= 15 is 0 Å². The van der Waals surface area contributed by atoms with Gasteiger partial charge in [-0.25, -0.2) is 0 Å². The van der Waals surface area contributed by atoms with Crippen molar-refractivity contribution in [2.24, 2.45) is 5.41 Å². The van der Waals surface area contributed by atoms with E-state index in [9.17, 15) is 0 Å². The van der Waals surface area contributed by atoms with Crippen LogP contribution in [0.5, 0.6) is 0 Å². The van der Waals surface area contributed by atoms with E-state index < -0.39 is 0 Å². The summed E-state index contributed by atoms with van der Waals surface area (Å²) in [5.74, 6) is 0. The summed E-state index contributed by atoms with van der Waals surface area (Å²) in [4.78, 5) is 2.64. The first-order chi connectivity index (χ1) is 7.14. The first-order valence-electron chi connectivity index (χ1n) is 6.57. The average molecular weight is 212 g/mol. The maximum atomic E-state index is 3.47. The van der Waals surface area contributed by atoms with Crippen molar-refractivity contribution in [2.75, 3.05) is 32.7 Å². The fourth-order valence-electron chi connectivity index (χ4n) is 2.46. The van der Waals surface area contributed by atoms with E-state index in [1.54, 1.807) is 0 Å². The summed E-state index contributed by atoms with van der Waals surface area (Å²) in [5, 5.41) is 3.47. The zero-order valence-corrected chi connectivity index (χ0v) is 10.8. The molecule has 0 aliphatic carbocycles. The van der Waals surface area contributed by atoms with Gasteiger partial charge in [-0.3, -0.25) is 0 Å². The fourth-order valence-corrected chi connectivity index (χ4v) is 2.46. The third-order valence-corrected chi connectivity index (χ3v) is 3.23. The van der Waals surface area contributed by atoms with Crippen molar-refractivity contribution in [1.29, 1.82) is 0 Å². The second kappa shape index (κ2) is 6.49. The molecule has 0 aromatic heterocycles. The van der Waals surface area contributed by atoms with Crippen molar-refractivity contribution < 1.29 is 0 Å². The molecule has 1 fully saturated rings. The first-order valence-corrected chi connectivity index (χ1v) is 6.57. The number of hydrogen-bond acceptors (Lipinski definition) is 2. The number of rotatable bonds is 6. The summed E-state index contributed by atoms with van der Waals surface area (Å²) >= 11 is 0. The second-order valence-electron chi connectivity index (χ2n) is 5.65. The monoisotopic (exact) mass is 212 g/mol. The highest BCUT2D eigenvalue weighted by molar-refractivity contribution is 4.79. The molecular formula is C13H28N2. The van der Waals surface area contributed by atoms with Gasteiger partial charge >= 0.3 is 0 Å². The molecule has 90 valence electrons. The van der Waals surface area contributed by atoms with Crippen molar-refractivity contribution in [1.82, 2.24) is 10.2 Å². The summed E-state index contributed by atoms with van der Waals surface area (Å²) < 4.78 is 0. The third-order valence-electron chi connectivity index (χ3n) is 3.23. The van der Waals surface area contributed by atoms with Crippen molar-refractivity contribution >= 4 is 0 Å². The van der Waals surface area contributed by atoms with E-state index in [1.165, 1.54) is 58.4 Å². The van der Waals surface area contributed by atoms with Gasteiger partial charge in [0.25, 0.3) is 0 Å². The minimum Gasteiger partial charge on any atom is -0.317 e. The Labute approximate surface area is 95.4 Å². The smallest absolute Gasteiger partial charge is 0.00327 e. The van der Waals surface area contributed by atoms with Crippen molar-refractivity contribution in [3.63, 3.8) is 0 Å². The van der Waals surface area contributed by atoms with Crippen LogP contribution in [0.3, 0.4) is 0 Å². The van der Waals surface area contributed by atoms with Gasteiger partial charge in [-0.05, 0) is 57.3 Å². The SMILES string of the molecule is CCCNCCCN1CCCC(C)(C)C1. The van der Waals surface area contributed by atoms with E-state index in [4.69, 9.17) is 0 Å². The van der Waals surface area contributed by atoms with Crippen molar-refractivity contribution in [2.45, 2.75) is 46.5 Å². The van der Waals surface area contributed by atoms with E-state index in [0.717, 1.165) is 0 Å². The van der Waals surface area contributed by atoms with Crippen LogP contribution in [0.25, 0.3) is 0 Å². The molecule has 0 atom stereocenters. The summed E-state index contributed by atoms with van der Waals surface area (Å²) in [6.45, 7) is 13.3. The van der Waals surface area contributed by atoms with Crippen LogP contribution in [-0.4, -0.2) is 37.6 Å². The first kappa shape index (κ1) is 13.0. The highest BCUT2D eigenvalue weighted by atomic mass is 15.1. The molecule has 0 aromatic carbocycles. The maximum Gasteiger partial charge on any atom is 0.00327 e. The Hall–Kier alpha value is -0.0800. The number of likely N-dealkylation sites (tertiary alicyclic amines) is 1. The summed E-state index contributed by atoms with van der Waals surface area (Å²) in [6.07, 6.45) is 5.33. The Bertz CT molecular complexity index is 166. The lowest BCUT2D eigenvalue weighted by Crippen LogP contribution is -2.41. The number of nitrogens with zero attached hydrogens (tertiary/aromatic N) is 1. The van der Waals surface area contributed by atoms with Gasteiger partial charge in [0.15, 0.2) is 0 Å². The molecule has 1 heterocycles. The molecule has 1 aliphatic rings. The van der Waals surface area contributed by atoms with E-state index in [-0.39, 0.29) is 0 Å². The summed E-state index contributed by atoms with van der Waals surface area (Å²) in [6, 6.07) is 0. The van der Waals surface area contributed by atoms with Crippen molar-refractivity contribution in [3.8, 4) is 0 Å². The van der Waals surface area contributed by atoms with Gasteiger partial charge < -0.3 is 10.2 Å². The molecule has 0 unspecified atom stereocenters. The molecule has 0 bridgehead atoms. The summed E-state index contributed by atoms with van der Waals surface area (Å²) in [5.41, 5.74) is 0.551. The van der Waals surface area contributed by atoms with Gasteiger partial charge in [0.1, 0.15) is 0 Å². The molecule has 1 rings (SSSR count). The minimum absolute atomic E-state index is 0.551. The molecule has 0 spiro atoms. The van der Waals surface area contributed by atoms with Gasteiger partial charge in [-0.15, -0.1) is 0 Å². The van der Waals surface area contributed by atoms with Gasteiger partial charge in [0.05, 0.1) is 0 Å². The molecular weight excluding hydrogens is 184 g/mol. The Balaban J connectivity index is 2.05. The van der Waals surface area contributed by atoms with Gasteiger partial charge in [0.2, 0.25) is 0 Å². The topological polar surface area (TPSA) is 15.3 Å². The molecule has 15 heavy (non-hydrogen) atoms. The van der Waals surface area contributed by atoms with Crippen LogP contribution < -0.4 is 5.32 Å². The van der Waals surface area contributed by atoms with E-state index in [2.05, 4.69) is 31.0 Å². The van der Waals surface area contributed by atoms with Crippen LogP contribution in [-0.2, 0) is 0 Å². The molecule has 2 nitrogen and oxygen atoms in total. The minimum atomic E-state index is 0.551. The zero-order chi connectivity index (χ0) is 11.1. The van der Waals surface area contributed by atoms with Crippen LogP contribution in [0.1, 0.15) is 46.5 Å².